The standard InChI is InChI=1S/C24H22Br2N2O2/c1-29-21-11-15-8-9-28-14-16-10-18(25)12-20(26)23(16)27-24(28,17-6-4-3-5-7-17)19(15)13-22(21)30-2/h3-7,10-13,27H,8-9,14H2,1-2H3. The molecule has 0 saturated heterocycles. The maximum Gasteiger partial charge on any atom is 0.161 e. The summed E-state index contributed by atoms with van der Waals surface area (Å²) in [6.45, 7) is 1.79. The summed E-state index contributed by atoms with van der Waals surface area (Å²) in [5, 5.41) is 3.93. The number of anilines is 1. The molecule has 0 fully saturated rings. The zero-order chi connectivity index (χ0) is 20.9. The molecule has 0 bridgehead atoms. The molecular weight excluding hydrogens is 508 g/mol. The van der Waals surface area contributed by atoms with Crippen molar-refractivity contribution >= 4 is 37.5 Å². The molecule has 3 aromatic rings. The van der Waals surface area contributed by atoms with Crippen molar-refractivity contribution in [1.82, 2.24) is 4.90 Å². The van der Waals surface area contributed by atoms with Crippen LogP contribution in [0.1, 0.15) is 22.3 Å². The van der Waals surface area contributed by atoms with Crippen LogP contribution < -0.4 is 14.8 Å². The quantitative estimate of drug-likeness (QED) is 0.457. The van der Waals surface area contributed by atoms with Gasteiger partial charge in [0, 0.05) is 27.6 Å². The molecule has 1 unspecified atom stereocenters. The number of rotatable bonds is 3. The molecule has 0 saturated carbocycles. The van der Waals surface area contributed by atoms with Gasteiger partial charge in [-0.05, 0) is 63.3 Å². The topological polar surface area (TPSA) is 33.7 Å². The summed E-state index contributed by atoms with van der Waals surface area (Å²) in [5.41, 5.74) is 5.60. The van der Waals surface area contributed by atoms with E-state index in [0.717, 1.165) is 45.6 Å². The van der Waals surface area contributed by atoms with Crippen molar-refractivity contribution in [3.05, 3.63) is 85.8 Å². The maximum absolute atomic E-state index is 5.69. The molecule has 0 amide bonds. The molecule has 154 valence electrons. The molecule has 6 heteroatoms. The first-order valence-corrected chi connectivity index (χ1v) is 11.5. The van der Waals surface area contributed by atoms with Crippen LogP contribution in [0.3, 0.4) is 0 Å². The maximum atomic E-state index is 5.69. The highest BCUT2D eigenvalue weighted by molar-refractivity contribution is 9.11. The normalized spacial score (nSPS) is 19.9. The lowest BCUT2D eigenvalue weighted by Gasteiger charge is -2.53. The summed E-state index contributed by atoms with van der Waals surface area (Å²) in [6, 6.07) is 19.2. The summed E-state index contributed by atoms with van der Waals surface area (Å²) in [5.74, 6) is 1.52. The van der Waals surface area contributed by atoms with E-state index in [1.165, 1.54) is 22.3 Å². The molecule has 2 aliphatic rings. The predicted molar refractivity (Wildman–Crippen MR) is 126 cm³/mol. The van der Waals surface area contributed by atoms with Crippen LogP contribution in [0, 0.1) is 0 Å². The number of nitrogens with one attached hydrogen (secondary N) is 1. The number of ether oxygens (including phenoxy) is 2. The third-order valence-electron chi connectivity index (χ3n) is 6.12. The van der Waals surface area contributed by atoms with Crippen LogP contribution in [0.15, 0.2) is 63.5 Å². The van der Waals surface area contributed by atoms with Crippen LogP contribution in [0.4, 0.5) is 5.69 Å². The van der Waals surface area contributed by atoms with E-state index in [9.17, 15) is 0 Å². The van der Waals surface area contributed by atoms with Gasteiger partial charge in [-0.2, -0.15) is 0 Å². The molecule has 0 spiro atoms. The number of hydrogen-bond donors (Lipinski definition) is 1. The third kappa shape index (κ3) is 2.96. The summed E-state index contributed by atoms with van der Waals surface area (Å²) in [4.78, 5) is 2.53. The summed E-state index contributed by atoms with van der Waals surface area (Å²) < 4.78 is 13.4. The number of halogens is 2. The van der Waals surface area contributed by atoms with Crippen LogP contribution in [0.2, 0.25) is 0 Å². The number of nitrogens with zero attached hydrogens (tertiary/aromatic N) is 1. The minimum atomic E-state index is -0.488. The lowest BCUT2D eigenvalue weighted by atomic mass is 9.79. The molecule has 30 heavy (non-hydrogen) atoms. The molecule has 2 heterocycles. The molecule has 0 radical (unpaired) electrons. The van der Waals surface area contributed by atoms with Crippen molar-refractivity contribution in [3.8, 4) is 11.5 Å². The number of benzene rings is 3. The van der Waals surface area contributed by atoms with Crippen LogP contribution in [-0.4, -0.2) is 25.7 Å². The second kappa shape index (κ2) is 7.59. The lowest BCUT2D eigenvalue weighted by molar-refractivity contribution is 0.116. The molecule has 0 aliphatic carbocycles. The van der Waals surface area contributed by atoms with Crippen molar-refractivity contribution < 1.29 is 9.47 Å². The van der Waals surface area contributed by atoms with Gasteiger partial charge in [-0.25, -0.2) is 0 Å². The van der Waals surface area contributed by atoms with Crippen LogP contribution in [0.5, 0.6) is 11.5 Å². The van der Waals surface area contributed by atoms with Crippen molar-refractivity contribution in [2.45, 2.75) is 18.6 Å². The van der Waals surface area contributed by atoms with Gasteiger partial charge >= 0.3 is 0 Å². The van der Waals surface area contributed by atoms with Crippen LogP contribution in [-0.2, 0) is 18.6 Å². The van der Waals surface area contributed by atoms with E-state index >= 15 is 0 Å². The average molecular weight is 530 g/mol. The van der Waals surface area contributed by atoms with Crippen LogP contribution in [0.25, 0.3) is 0 Å². The van der Waals surface area contributed by atoms with Gasteiger partial charge < -0.3 is 14.8 Å². The van der Waals surface area contributed by atoms with E-state index in [0.29, 0.717) is 0 Å². The van der Waals surface area contributed by atoms with Crippen molar-refractivity contribution in [2.24, 2.45) is 0 Å². The molecule has 1 atom stereocenters. The largest absolute Gasteiger partial charge is 0.493 e. The summed E-state index contributed by atoms with van der Waals surface area (Å²) in [6.07, 6.45) is 0.955. The molecule has 3 aromatic carbocycles. The Morgan fingerprint density at radius 3 is 2.40 bits per heavy atom. The fraction of sp³-hybridized carbons (Fsp3) is 0.250. The van der Waals surface area contributed by atoms with E-state index in [-0.39, 0.29) is 0 Å². The SMILES string of the molecule is COc1cc2c(cc1OC)C1(c3ccccc3)Nc3c(Br)cc(Br)cc3CN1CC2. The fourth-order valence-corrected chi connectivity index (χ4v) is 6.18. The van der Waals surface area contributed by atoms with E-state index in [2.05, 4.69) is 96.7 Å². The minimum Gasteiger partial charge on any atom is -0.493 e. The first kappa shape index (κ1) is 19.9. The van der Waals surface area contributed by atoms with Gasteiger partial charge in [-0.3, -0.25) is 4.90 Å². The number of fused-ring (bicyclic) bond motifs is 4. The Bertz CT molecular complexity index is 1120. The Labute approximate surface area is 193 Å². The first-order valence-electron chi connectivity index (χ1n) is 9.89. The van der Waals surface area contributed by atoms with E-state index in [4.69, 9.17) is 9.47 Å². The van der Waals surface area contributed by atoms with Gasteiger partial charge in [0.1, 0.15) is 5.66 Å². The summed E-state index contributed by atoms with van der Waals surface area (Å²) in [7, 11) is 3.38. The minimum absolute atomic E-state index is 0.488. The average Bonchev–Trinajstić information content (AvgIpc) is 2.77. The Morgan fingerprint density at radius 1 is 0.933 bits per heavy atom. The second-order valence-corrected chi connectivity index (χ2v) is 9.43. The van der Waals surface area contributed by atoms with E-state index in [1.807, 2.05) is 0 Å². The van der Waals surface area contributed by atoms with Gasteiger partial charge in [0.15, 0.2) is 11.5 Å². The molecule has 2 aliphatic heterocycles. The molecule has 0 aromatic heterocycles. The monoisotopic (exact) mass is 528 g/mol. The highest BCUT2D eigenvalue weighted by atomic mass is 79.9. The number of methoxy groups -OCH3 is 2. The molecule has 5 rings (SSSR count). The summed E-state index contributed by atoms with van der Waals surface area (Å²) >= 11 is 7.42. The third-order valence-corrected chi connectivity index (χ3v) is 7.20. The highest BCUT2D eigenvalue weighted by Gasteiger charge is 2.48. The Kier molecular flexibility index (Phi) is 5.04. The van der Waals surface area contributed by atoms with Crippen LogP contribution >= 0.6 is 31.9 Å². The van der Waals surface area contributed by atoms with Crippen molar-refractivity contribution in [2.75, 3.05) is 26.1 Å². The van der Waals surface area contributed by atoms with Gasteiger partial charge in [0.25, 0.3) is 0 Å². The molecule has 1 N–H and O–H groups in total. The van der Waals surface area contributed by atoms with Gasteiger partial charge in [0.05, 0.1) is 19.9 Å². The van der Waals surface area contributed by atoms with Gasteiger partial charge in [-0.1, -0.05) is 46.3 Å². The highest BCUT2D eigenvalue weighted by Crippen LogP contribution is 2.50. The molecular formula is C24H22Br2N2O2. The fourth-order valence-electron chi connectivity index (χ4n) is 4.77. The first-order chi connectivity index (χ1) is 14.6. The van der Waals surface area contributed by atoms with E-state index in [1.54, 1.807) is 14.2 Å². The Balaban J connectivity index is 1.79. The van der Waals surface area contributed by atoms with E-state index < -0.39 is 5.66 Å². The Morgan fingerprint density at radius 2 is 1.67 bits per heavy atom. The van der Waals surface area contributed by atoms with Gasteiger partial charge in [0.2, 0.25) is 0 Å². The Hall–Kier alpha value is -2.02. The predicted octanol–water partition coefficient (Wildman–Crippen LogP) is 5.91. The molecule has 4 nitrogen and oxygen atoms in total. The smallest absolute Gasteiger partial charge is 0.161 e. The zero-order valence-electron chi connectivity index (χ0n) is 16.8. The van der Waals surface area contributed by atoms with Crippen molar-refractivity contribution in [1.29, 1.82) is 0 Å². The zero-order valence-corrected chi connectivity index (χ0v) is 20.0. The lowest BCUT2D eigenvalue weighted by Crippen LogP contribution is -2.58. The van der Waals surface area contributed by atoms with Crippen molar-refractivity contribution in [3.63, 3.8) is 0 Å². The van der Waals surface area contributed by atoms with Gasteiger partial charge in [-0.15, -0.1) is 0 Å². The number of hydrogen-bond acceptors (Lipinski definition) is 4. The second-order valence-electron chi connectivity index (χ2n) is 7.66.